The van der Waals surface area contributed by atoms with Gasteiger partial charge in [-0.1, -0.05) is 109 Å². The maximum Gasteiger partial charge on any atom is 0.162 e. The van der Waals surface area contributed by atoms with E-state index < -0.39 is 0 Å². The van der Waals surface area contributed by atoms with Gasteiger partial charge in [0.25, 0.3) is 0 Å². The minimum atomic E-state index is 0.623. The first-order valence-corrected chi connectivity index (χ1v) is 13.3. The minimum absolute atomic E-state index is 0.623. The highest BCUT2D eigenvalue weighted by Crippen LogP contribution is 2.37. The molecule has 0 saturated carbocycles. The summed E-state index contributed by atoms with van der Waals surface area (Å²) in [6.07, 6.45) is 3.40. The zero-order chi connectivity index (χ0) is 26.5. The molecule has 0 atom stereocenters. The van der Waals surface area contributed by atoms with Crippen molar-refractivity contribution in [3.8, 4) is 33.9 Å². The third kappa shape index (κ3) is 3.62. The van der Waals surface area contributed by atoms with Gasteiger partial charge in [-0.05, 0) is 55.2 Å². The third-order valence-corrected chi connectivity index (χ3v) is 7.69. The Morgan fingerprint density at radius 3 is 1.50 bits per heavy atom. The third-order valence-electron chi connectivity index (χ3n) is 7.69. The lowest BCUT2D eigenvalue weighted by Crippen LogP contribution is -1.97. The highest BCUT2D eigenvalue weighted by atomic mass is 15.1. The van der Waals surface area contributed by atoms with E-state index in [2.05, 4.69) is 125 Å². The number of benzene rings is 6. The number of hydrogen-bond acceptors (Lipinski definition) is 4. The molecule has 0 aliphatic rings. The van der Waals surface area contributed by atoms with Gasteiger partial charge in [-0.15, -0.1) is 0 Å². The Bertz CT molecular complexity index is 2080. The molecule has 0 N–H and O–H groups in total. The predicted molar refractivity (Wildman–Crippen MR) is 164 cm³/mol. The van der Waals surface area contributed by atoms with Crippen LogP contribution in [0.3, 0.4) is 0 Å². The maximum atomic E-state index is 5.08. The average molecular weight is 511 g/mol. The molecule has 0 unspecified atom stereocenters. The summed E-state index contributed by atoms with van der Waals surface area (Å²) >= 11 is 0. The van der Waals surface area contributed by atoms with Crippen LogP contribution in [0.2, 0.25) is 0 Å². The zero-order valence-electron chi connectivity index (χ0n) is 21.5. The highest BCUT2D eigenvalue weighted by Gasteiger charge is 2.15. The van der Waals surface area contributed by atoms with E-state index in [0.717, 1.165) is 38.9 Å². The molecule has 4 heteroatoms. The van der Waals surface area contributed by atoms with Gasteiger partial charge in [-0.25, -0.2) is 9.97 Å². The fourth-order valence-electron chi connectivity index (χ4n) is 5.80. The van der Waals surface area contributed by atoms with E-state index in [-0.39, 0.29) is 0 Å². The van der Waals surface area contributed by atoms with Crippen molar-refractivity contribution in [3.63, 3.8) is 0 Å². The number of rotatable bonds is 3. The smallest absolute Gasteiger partial charge is 0.162 e. The Hall–Kier alpha value is -5.48. The molecule has 8 aromatic rings. The number of hydrogen-bond donors (Lipinski definition) is 0. The van der Waals surface area contributed by atoms with Crippen molar-refractivity contribution in [3.05, 3.63) is 134 Å². The summed E-state index contributed by atoms with van der Waals surface area (Å²) in [4.78, 5) is 10.2. The predicted octanol–water partition coefficient (Wildman–Crippen LogP) is 8.88. The van der Waals surface area contributed by atoms with Crippen LogP contribution in [-0.2, 0) is 0 Å². The van der Waals surface area contributed by atoms with Crippen molar-refractivity contribution >= 4 is 43.1 Å². The second kappa shape index (κ2) is 9.07. The Labute approximate surface area is 230 Å². The van der Waals surface area contributed by atoms with Crippen LogP contribution in [0.25, 0.3) is 77.0 Å². The van der Waals surface area contributed by atoms with E-state index in [1.54, 1.807) is 12.4 Å². The zero-order valence-corrected chi connectivity index (χ0v) is 21.5. The Morgan fingerprint density at radius 1 is 0.400 bits per heavy atom. The van der Waals surface area contributed by atoms with Gasteiger partial charge in [0.1, 0.15) is 0 Å². The molecule has 0 spiro atoms. The van der Waals surface area contributed by atoms with Crippen molar-refractivity contribution < 1.29 is 0 Å². The Balaban J connectivity index is 1.42. The molecule has 0 fully saturated rings. The van der Waals surface area contributed by atoms with Crippen LogP contribution < -0.4 is 0 Å². The molecule has 4 nitrogen and oxygen atoms in total. The molecule has 8 rings (SSSR count). The second-order valence-electron chi connectivity index (χ2n) is 9.97. The summed E-state index contributed by atoms with van der Waals surface area (Å²) < 4.78 is 0. The van der Waals surface area contributed by atoms with Crippen LogP contribution in [0.4, 0.5) is 0 Å². The first kappa shape index (κ1) is 22.5. The maximum absolute atomic E-state index is 5.08. The monoisotopic (exact) mass is 510 g/mol. The van der Waals surface area contributed by atoms with Crippen molar-refractivity contribution in [1.29, 1.82) is 0 Å². The van der Waals surface area contributed by atoms with Crippen molar-refractivity contribution in [2.24, 2.45) is 0 Å². The summed E-state index contributed by atoms with van der Waals surface area (Å²) in [7, 11) is 0. The SMILES string of the molecule is c1ccc2c(c1)ccc1c(-c3cc(-c4cccc5c4ccc4ccccc45)nc(-c4ccnnc4)n3)cccc12. The summed E-state index contributed by atoms with van der Waals surface area (Å²) in [5.74, 6) is 0.623. The highest BCUT2D eigenvalue weighted by molar-refractivity contribution is 6.13. The molecule has 0 amide bonds. The lowest BCUT2D eigenvalue weighted by molar-refractivity contribution is 1.02. The molecule has 6 aromatic carbocycles. The molecule has 40 heavy (non-hydrogen) atoms. The van der Waals surface area contributed by atoms with E-state index in [0.29, 0.717) is 5.82 Å². The minimum Gasteiger partial charge on any atom is -0.228 e. The Kier molecular flexibility index (Phi) is 5.10. The largest absolute Gasteiger partial charge is 0.228 e. The molecule has 2 aromatic heterocycles. The average Bonchev–Trinajstić information content (AvgIpc) is 3.04. The van der Waals surface area contributed by atoms with E-state index in [4.69, 9.17) is 9.97 Å². The van der Waals surface area contributed by atoms with Gasteiger partial charge in [0.2, 0.25) is 0 Å². The molecule has 186 valence electrons. The molecule has 0 saturated heterocycles. The number of aromatic nitrogens is 4. The van der Waals surface area contributed by atoms with Crippen molar-refractivity contribution in [2.75, 3.05) is 0 Å². The van der Waals surface area contributed by atoms with Gasteiger partial charge in [-0.3, -0.25) is 0 Å². The van der Waals surface area contributed by atoms with Gasteiger partial charge in [-0.2, -0.15) is 10.2 Å². The molecule has 0 radical (unpaired) electrons. The topological polar surface area (TPSA) is 51.6 Å². The molecular weight excluding hydrogens is 488 g/mol. The van der Waals surface area contributed by atoms with Gasteiger partial charge in [0, 0.05) is 16.7 Å². The summed E-state index contributed by atoms with van der Waals surface area (Å²) in [5.41, 5.74) is 4.71. The fraction of sp³-hybridized carbons (Fsp3) is 0. The number of fused-ring (bicyclic) bond motifs is 6. The van der Waals surface area contributed by atoms with Gasteiger partial charge >= 0.3 is 0 Å². The summed E-state index contributed by atoms with van der Waals surface area (Å²) in [6, 6.07) is 42.7. The standard InChI is InChI=1S/C36H22N4/c1-3-9-26-23(7-1)15-17-30-28(26)11-5-13-32(30)34-21-35(40-36(39-34)25-19-20-37-38-22-25)33-14-6-12-29-27-10-4-2-8-24(27)16-18-31(29)33/h1-22H. The molecule has 0 bridgehead atoms. The second-order valence-corrected chi connectivity index (χ2v) is 9.97. The molecule has 0 aliphatic heterocycles. The number of nitrogens with zero attached hydrogens (tertiary/aromatic N) is 4. The van der Waals surface area contributed by atoms with Gasteiger partial charge in [0.05, 0.1) is 23.8 Å². The normalized spacial score (nSPS) is 11.5. The van der Waals surface area contributed by atoms with Crippen molar-refractivity contribution in [2.45, 2.75) is 0 Å². The van der Waals surface area contributed by atoms with Crippen LogP contribution in [0.1, 0.15) is 0 Å². The van der Waals surface area contributed by atoms with E-state index in [9.17, 15) is 0 Å². The van der Waals surface area contributed by atoms with Crippen LogP contribution in [0.5, 0.6) is 0 Å². The van der Waals surface area contributed by atoms with Crippen molar-refractivity contribution in [1.82, 2.24) is 20.2 Å². The Morgan fingerprint density at radius 2 is 0.950 bits per heavy atom. The fourth-order valence-corrected chi connectivity index (χ4v) is 5.80. The van der Waals surface area contributed by atoms with Gasteiger partial charge in [0.15, 0.2) is 5.82 Å². The van der Waals surface area contributed by atoms with Crippen LogP contribution >= 0.6 is 0 Å². The first-order chi connectivity index (χ1) is 19.8. The van der Waals surface area contributed by atoms with E-state index >= 15 is 0 Å². The molecule has 0 aliphatic carbocycles. The van der Waals surface area contributed by atoms with Gasteiger partial charge < -0.3 is 0 Å². The van der Waals surface area contributed by atoms with E-state index in [1.165, 1.54) is 32.3 Å². The lowest BCUT2D eigenvalue weighted by atomic mass is 9.94. The molecule has 2 heterocycles. The van der Waals surface area contributed by atoms with Crippen LogP contribution in [0, 0.1) is 0 Å². The quantitative estimate of drug-likeness (QED) is 0.223. The molecular formula is C36H22N4. The summed E-state index contributed by atoms with van der Waals surface area (Å²) in [6.45, 7) is 0. The van der Waals surface area contributed by atoms with Crippen LogP contribution in [0.15, 0.2) is 134 Å². The lowest BCUT2D eigenvalue weighted by Gasteiger charge is -2.14. The van der Waals surface area contributed by atoms with Crippen LogP contribution in [-0.4, -0.2) is 20.2 Å². The van der Waals surface area contributed by atoms with E-state index in [1.807, 2.05) is 6.07 Å². The summed E-state index contributed by atoms with van der Waals surface area (Å²) in [5, 5.41) is 17.7. The first-order valence-electron chi connectivity index (χ1n) is 13.3.